The molecule has 0 aliphatic rings. The number of esters is 4. The van der Waals surface area contributed by atoms with Gasteiger partial charge in [0.25, 0.3) is 0 Å². The molecule has 19 heteroatoms. The number of hydrogen-bond donors (Lipinski definition) is 3. The van der Waals surface area contributed by atoms with E-state index in [1.54, 1.807) is 0 Å². The third-order valence-corrected chi connectivity index (χ3v) is 17.6. The highest BCUT2D eigenvalue weighted by atomic mass is 31.2. The molecule has 17 nitrogen and oxygen atoms in total. The predicted molar refractivity (Wildman–Crippen MR) is 344 cm³/mol. The van der Waals surface area contributed by atoms with Crippen LogP contribution in [-0.4, -0.2) is 96.7 Å². The molecule has 0 saturated heterocycles. The molecule has 0 heterocycles. The fraction of sp³-hybridized carbons (Fsp3) is 0.940. The van der Waals surface area contributed by atoms with Crippen molar-refractivity contribution in [3.8, 4) is 0 Å². The van der Waals surface area contributed by atoms with Crippen LogP contribution in [0.15, 0.2) is 0 Å². The van der Waals surface area contributed by atoms with Gasteiger partial charge in [0.15, 0.2) is 12.2 Å². The first-order valence-electron chi connectivity index (χ1n) is 34.7. The number of phosphoric ester groups is 2. The Bertz CT molecular complexity index is 1720. The zero-order valence-corrected chi connectivity index (χ0v) is 57.7. The third kappa shape index (κ3) is 59.7. The van der Waals surface area contributed by atoms with Crippen molar-refractivity contribution in [3.63, 3.8) is 0 Å². The largest absolute Gasteiger partial charge is 0.472 e. The van der Waals surface area contributed by atoms with Gasteiger partial charge in [0, 0.05) is 25.7 Å². The molecule has 0 rings (SSSR count). The van der Waals surface area contributed by atoms with E-state index in [-0.39, 0.29) is 25.7 Å². The first-order chi connectivity index (χ1) is 41.1. The zero-order valence-electron chi connectivity index (χ0n) is 55.9. The van der Waals surface area contributed by atoms with Crippen LogP contribution < -0.4 is 0 Å². The maximum atomic E-state index is 13.0. The predicted octanol–water partition coefficient (Wildman–Crippen LogP) is 18.5. The van der Waals surface area contributed by atoms with Gasteiger partial charge < -0.3 is 33.8 Å². The summed E-state index contributed by atoms with van der Waals surface area (Å²) in [4.78, 5) is 72.4. The average molecular weight is 1270 g/mol. The van der Waals surface area contributed by atoms with Gasteiger partial charge in [-0.2, -0.15) is 0 Å². The molecule has 4 unspecified atom stereocenters. The fourth-order valence-corrected chi connectivity index (χ4v) is 11.5. The number of aliphatic hydroxyl groups is 1. The molecular formula is C67H130O17P2. The Labute approximate surface area is 524 Å². The lowest BCUT2D eigenvalue weighted by molar-refractivity contribution is -0.161. The van der Waals surface area contributed by atoms with Crippen molar-refractivity contribution in [3.05, 3.63) is 0 Å². The molecule has 0 aromatic rings. The molecule has 0 bridgehead atoms. The van der Waals surface area contributed by atoms with Gasteiger partial charge in [0.2, 0.25) is 0 Å². The molecule has 0 aliphatic heterocycles. The van der Waals surface area contributed by atoms with E-state index in [0.717, 1.165) is 108 Å². The summed E-state index contributed by atoms with van der Waals surface area (Å²) in [6.07, 6.45) is 37.7. The normalized spacial score (nSPS) is 14.7. The summed E-state index contributed by atoms with van der Waals surface area (Å²) < 4.78 is 68.1. The monoisotopic (exact) mass is 1270 g/mol. The van der Waals surface area contributed by atoms with E-state index in [1.165, 1.54) is 122 Å². The molecule has 0 aromatic carbocycles. The summed E-state index contributed by atoms with van der Waals surface area (Å²) in [6, 6.07) is 0. The molecule has 0 aliphatic carbocycles. The lowest BCUT2D eigenvalue weighted by atomic mass is 9.99. The minimum Gasteiger partial charge on any atom is -0.462 e. The molecule has 0 fully saturated rings. The molecule has 86 heavy (non-hydrogen) atoms. The molecular weight excluding hydrogens is 1140 g/mol. The number of unbranched alkanes of at least 4 members (excludes halogenated alkanes) is 29. The van der Waals surface area contributed by atoms with E-state index in [4.69, 9.17) is 37.0 Å². The van der Waals surface area contributed by atoms with Gasteiger partial charge in [-0.05, 0) is 49.4 Å². The first-order valence-corrected chi connectivity index (χ1v) is 37.7. The average Bonchev–Trinajstić information content (AvgIpc) is 3.57. The van der Waals surface area contributed by atoms with Gasteiger partial charge in [0.05, 0.1) is 26.4 Å². The highest BCUT2D eigenvalue weighted by Crippen LogP contribution is 2.45. The minimum absolute atomic E-state index is 0.103. The fourth-order valence-electron chi connectivity index (χ4n) is 9.93. The summed E-state index contributed by atoms with van der Waals surface area (Å²) in [7, 11) is -9.90. The van der Waals surface area contributed by atoms with Crippen LogP contribution in [0.1, 0.15) is 325 Å². The Morgan fingerprint density at radius 1 is 0.326 bits per heavy atom. The summed E-state index contributed by atoms with van der Waals surface area (Å²) in [5.41, 5.74) is 0. The summed E-state index contributed by atoms with van der Waals surface area (Å²) in [5, 5.41) is 10.6. The van der Waals surface area contributed by atoms with E-state index in [1.807, 2.05) is 0 Å². The number of carbonyl (C=O) groups excluding carboxylic acids is 4. The lowest BCUT2D eigenvalue weighted by Crippen LogP contribution is -2.30. The molecule has 6 atom stereocenters. The number of hydrogen-bond acceptors (Lipinski definition) is 15. The molecule has 0 spiro atoms. The number of aliphatic hydroxyl groups excluding tert-OH is 1. The third-order valence-electron chi connectivity index (χ3n) is 15.7. The van der Waals surface area contributed by atoms with E-state index in [2.05, 4.69) is 55.4 Å². The van der Waals surface area contributed by atoms with Crippen molar-refractivity contribution in [1.82, 2.24) is 0 Å². The Kier molecular flexibility index (Phi) is 55.7. The standard InChI is InChI=1S/C67H130O17P2/c1-9-60(8)46-38-30-22-15-16-24-33-41-49-66(71)83-62(54-78-65(70)48-40-32-25-17-20-28-36-44-58(4)5)55-81-85(73,74)79-51-61(68)52-80-86(75,76)82-56-63(84-67(72)50-42-34-26-18-21-29-37-45-59(6)7)53-77-64(69)47-39-31-23-14-12-10-11-13-19-27-35-43-57(2)3/h57-63,68H,9-56H2,1-8H3,(H,73,74)(H,75,76)/t60?,61?,62-,63-/m1/s1. The van der Waals surface area contributed by atoms with Crippen LogP contribution in [0.25, 0.3) is 0 Å². The summed E-state index contributed by atoms with van der Waals surface area (Å²) in [5.74, 6) is 0.804. The van der Waals surface area contributed by atoms with Crippen LogP contribution in [0.2, 0.25) is 0 Å². The van der Waals surface area contributed by atoms with E-state index < -0.39 is 97.5 Å². The molecule has 0 saturated carbocycles. The molecule has 0 amide bonds. The summed E-state index contributed by atoms with van der Waals surface area (Å²) >= 11 is 0. The van der Waals surface area contributed by atoms with Crippen molar-refractivity contribution in [2.24, 2.45) is 23.7 Å². The number of ether oxygens (including phenoxy) is 4. The Morgan fingerprint density at radius 2 is 0.558 bits per heavy atom. The van der Waals surface area contributed by atoms with Crippen LogP contribution in [0, 0.1) is 23.7 Å². The van der Waals surface area contributed by atoms with Gasteiger partial charge in [-0.3, -0.25) is 37.3 Å². The molecule has 0 aromatic heterocycles. The highest BCUT2D eigenvalue weighted by molar-refractivity contribution is 7.47. The minimum atomic E-state index is -4.95. The molecule has 0 radical (unpaired) electrons. The molecule has 3 N–H and O–H groups in total. The van der Waals surface area contributed by atoms with Crippen LogP contribution in [-0.2, 0) is 65.4 Å². The van der Waals surface area contributed by atoms with E-state index >= 15 is 0 Å². The SMILES string of the molecule is CCC(C)CCCCCCCCCCC(=O)O[C@H](COC(=O)CCCCCCCCCC(C)C)COP(=O)(O)OCC(O)COP(=O)(O)OC[C@@H](COC(=O)CCCCCCCCCCCCCC(C)C)OC(=O)CCCCCCCCCC(C)C. The highest BCUT2D eigenvalue weighted by Gasteiger charge is 2.30. The number of rotatable bonds is 64. The second-order valence-electron chi connectivity index (χ2n) is 25.9. The zero-order chi connectivity index (χ0) is 63.9. The maximum absolute atomic E-state index is 13.0. The number of carbonyl (C=O) groups is 4. The first kappa shape index (κ1) is 84.1. The number of phosphoric acid groups is 2. The Balaban J connectivity index is 5.24. The van der Waals surface area contributed by atoms with E-state index in [0.29, 0.717) is 37.5 Å². The second kappa shape index (κ2) is 57.0. The quantitative estimate of drug-likeness (QED) is 0.0222. The second-order valence-corrected chi connectivity index (χ2v) is 28.8. The van der Waals surface area contributed by atoms with Crippen molar-refractivity contribution >= 4 is 39.5 Å². The van der Waals surface area contributed by atoms with Crippen molar-refractivity contribution in [1.29, 1.82) is 0 Å². The van der Waals surface area contributed by atoms with Gasteiger partial charge in [-0.15, -0.1) is 0 Å². The van der Waals surface area contributed by atoms with Crippen molar-refractivity contribution in [2.75, 3.05) is 39.6 Å². The van der Waals surface area contributed by atoms with Gasteiger partial charge >= 0.3 is 39.5 Å². The smallest absolute Gasteiger partial charge is 0.462 e. The topological polar surface area (TPSA) is 237 Å². The van der Waals surface area contributed by atoms with Crippen molar-refractivity contribution < 1.29 is 80.2 Å². The Hall–Kier alpha value is -1.94. The Morgan fingerprint density at radius 3 is 0.826 bits per heavy atom. The summed E-state index contributed by atoms with van der Waals surface area (Å²) in [6.45, 7) is 14.0. The van der Waals surface area contributed by atoms with Gasteiger partial charge in [-0.1, -0.05) is 274 Å². The van der Waals surface area contributed by atoms with Crippen molar-refractivity contribution in [2.45, 2.75) is 343 Å². The van der Waals surface area contributed by atoms with E-state index in [9.17, 15) is 43.2 Å². The van der Waals surface area contributed by atoms with Gasteiger partial charge in [-0.25, -0.2) is 9.13 Å². The van der Waals surface area contributed by atoms with Gasteiger partial charge in [0.1, 0.15) is 19.3 Å². The lowest BCUT2D eigenvalue weighted by Gasteiger charge is -2.21. The van der Waals surface area contributed by atoms with Crippen LogP contribution in [0.5, 0.6) is 0 Å². The molecule has 510 valence electrons. The van der Waals surface area contributed by atoms with Crippen LogP contribution in [0.4, 0.5) is 0 Å². The van der Waals surface area contributed by atoms with Crippen LogP contribution in [0.3, 0.4) is 0 Å². The maximum Gasteiger partial charge on any atom is 0.472 e. The van der Waals surface area contributed by atoms with Crippen LogP contribution >= 0.6 is 15.6 Å².